The maximum atomic E-state index is 12.1. The number of aryl methyl sites for hydroxylation is 1. The molecule has 1 heterocycles. The number of hydrogen-bond donors (Lipinski definition) is 1. The van der Waals surface area contributed by atoms with Gasteiger partial charge in [-0.2, -0.15) is 0 Å². The fourth-order valence-electron chi connectivity index (χ4n) is 2.66. The first kappa shape index (κ1) is 14.1. The second-order valence-electron chi connectivity index (χ2n) is 5.47. The van der Waals surface area contributed by atoms with Crippen molar-refractivity contribution in [1.29, 1.82) is 0 Å². The van der Waals surface area contributed by atoms with Crippen LogP contribution in [0, 0.1) is 5.92 Å². The molecule has 3 nitrogen and oxygen atoms in total. The molecule has 3 heteroatoms. The maximum Gasteiger partial charge on any atom is 0.222 e. The zero-order valence-corrected chi connectivity index (χ0v) is 11.8. The molecule has 0 saturated carbocycles. The van der Waals surface area contributed by atoms with E-state index in [1.54, 1.807) is 0 Å². The minimum Gasteiger partial charge on any atom is -0.345 e. The minimum atomic E-state index is 0.259. The normalized spacial score (nSPS) is 19.1. The van der Waals surface area contributed by atoms with Crippen molar-refractivity contribution >= 4 is 5.91 Å². The van der Waals surface area contributed by atoms with Crippen LogP contribution in [0.25, 0.3) is 0 Å². The molecule has 1 unspecified atom stereocenters. The minimum absolute atomic E-state index is 0.259. The first-order valence-electron chi connectivity index (χ1n) is 7.24. The topological polar surface area (TPSA) is 32.3 Å². The van der Waals surface area contributed by atoms with Crippen molar-refractivity contribution in [1.82, 2.24) is 10.2 Å². The van der Waals surface area contributed by atoms with Gasteiger partial charge >= 0.3 is 0 Å². The number of amides is 1. The number of benzene rings is 1. The molecule has 1 aliphatic heterocycles. The highest BCUT2D eigenvalue weighted by molar-refractivity contribution is 5.76. The Hall–Kier alpha value is -1.35. The molecular formula is C16H24N2O. The fraction of sp³-hybridized carbons (Fsp3) is 0.562. The van der Waals surface area contributed by atoms with Gasteiger partial charge in [0.1, 0.15) is 0 Å². The van der Waals surface area contributed by atoms with E-state index in [0.717, 1.165) is 26.1 Å². The van der Waals surface area contributed by atoms with E-state index in [0.29, 0.717) is 12.3 Å². The number of hydrogen-bond acceptors (Lipinski definition) is 2. The van der Waals surface area contributed by atoms with Gasteiger partial charge in [-0.3, -0.25) is 4.79 Å². The standard InChI is InChI=1S/C16H24N2O/c1-18(13-15-8-5-11-17-12-15)16(19)10-9-14-6-3-2-4-7-14/h2-4,6-7,15,17H,5,8-13H2,1H3. The van der Waals surface area contributed by atoms with Crippen LogP contribution >= 0.6 is 0 Å². The second kappa shape index (κ2) is 7.29. The number of piperidine rings is 1. The Labute approximate surface area is 116 Å². The predicted molar refractivity (Wildman–Crippen MR) is 78.0 cm³/mol. The van der Waals surface area contributed by atoms with Crippen LogP contribution in [0.2, 0.25) is 0 Å². The number of nitrogens with one attached hydrogen (secondary N) is 1. The average molecular weight is 260 g/mol. The summed E-state index contributed by atoms with van der Waals surface area (Å²) in [5.41, 5.74) is 1.24. The van der Waals surface area contributed by atoms with Crippen molar-refractivity contribution in [2.24, 2.45) is 5.92 Å². The Morgan fingerprint density at radius 2 is 2.16 bits per heavy atom. The van der Waals surface area contributed by atoms with Crippen molar-refractivity contribution in [3.63, 3.8) is 0 Å². The van der Waals surface area contributed by atoms with Crippen LogP contribution in [0.4, 0.5) is 0 Å². The molecule has 0 bridgehead atoms. The van der Waals surface area contributed by atoms with Gasteiger partial charge in [0.05, 0.1) is 0 Å². The van der Waals surface area contributed by atoms with Gasteiger partial charge in [-0.25, -0.2) is 0 Å². The SMILES string of the molecule is CN(CC1CCCNC1)C(=O)CCc1ccccc1. The summed E-state index contributed by atoms with van der Waals surface area (Å²) >= 11 is 0. The van der Waals surface area contributed by atoms with Crippen LogP contribution in [0.1, 0.15) is 24.8 Å². The van der Waals surface area contributed by atoms with E-state index in [1.807, 2.05) is 30.1 Å². The van der Waals surface area contributed by atoms with Crippen LogP contribution in [0.5, 0.6) is 0 Å². The molecule has 1 aromatic rings. The lowest BCUT2D eigenvalue weighted by atomic mass is 9.99. The van der Waals surface area contributed by atoms with E-state index in [1.165, 1.54) is 18.4 Å². The summed E-state index contributed by atoms with van der Waals surface area (Å²) in [4.78, 5) is 14.0. The molecule has 1 amide bonds. The van der Waals surface area contributed by atoms with Gasteiger partial charge < -0.3 is 10.2 Å². The smallest absolute Gasteiger partial charge is 0.222 e. The zero-order chi connectivity index (χ0) is 13.5. The highest BCUT2D eigenvalue weighted by Gasteiger charge is 2.17. The zero-order valence-electron chi connectivity index (χ0n) is 11.8. The number of carbonyl (C=O) groups excluding carboxylic acids is 1. The van der Waals surface area contributed by atoms with E-state index in [2.05, 4.69) is 17.4 Å². The highest BCUT2D eigenvalue weighted by Crippen LogP contribution is 2.12. The van der Waals surface area contributed by atoms with Gasteiger partial charge in [0, 0.05) is 20.0 Å². The second-order valence-corrected chi connectivity index (χ2v) is 5.47. The van der Waals surface area contributed by atoms with E-state index in [4.69, 9.17) is 0 Å². The largest absolute Gasteiger partial charge is 0.345 e. The third kappa shape index (κ3) is 4.67. The van der Waals surface area contributed by atoms with Crippen LogP contribution in [-0.4, -0.2) is 37.5 Å². The van der Waals surface area contributed by atoms with E-state index >= 15 is 0 Å². The Kier molecular flexibility index (Phi) is 5.40. The molecule has 1 saturated heterocycles. The van der Waals surface area contributed by atoms with Crippen molar-refractivity contribution in [3.05, 3.63) is 35.9 Å². The Morgan fingerprint density at radius 1 is 1.37 bits per heavy atom. The number of nitrogens with zero attached hydrogens (tertiary/aromatic N) is 1. The van der Waals surface area contributed by atoms with E-state index in [9.17, 15) is 4.79 Å². The Morgan fingerprint density at radius 3 is 2.84 bits per heavy atom. The monoisotopic (exact) mass is 260 g/mol. The highest BCUT2D eigenvalue weighted by atomic mass is 16.2. The first-order chi connectivity index (χ1) is 9.25. The van der Waals surface area contributed by atoms with Crippen molar-refractivity contribution in [2.45, 2.75) is 25.7 Å². The van der Waals surface area contributed by atoms with Gasteiger partial charge in [-0.05, 0) is 43.8 Å². The molecule has 1 atom stereocenters. The molecule has 19 heavy (non-hydrogen) atoms. The summed E-state index contributed by atoms with van der Waals surface area (Å²) in [6.07, 6.45) is 3.92. The summed E-state index contributed by atoms with van der Waals surface area (Å²) in [5.74, 6) is 0.883. The molecule has 0 aliphatic carbocycles. The van der Waals surface area contributed by atoms with Gasteiger partial charge in [0.25, 0.3) is 0 Å². The van der Waals surface area contributed by atoms with Crippen molar-refractivity contribution < 1.29 is 4.79 Å². The summed E-state index contributed by atoms with van der Waals surface area (Å²) in [6.45, 7) is 3.07. The van der Waals surface area contributed by atoms with Gasteiger partial charge in [0.2, 0.25) is 5.91 Å². The molecule has 0 aromatic heterocycles. The predicted octanol–water partition coefficient (Wildman–Crippen LogP) is 2.08. The summed E-state index contributed by atoms with van der Waals surface area (Å²) < 4.78 is 0. The molecule has 1 aliphatic rings. The summed E-state index contributed by atoms with van der Waals surface area (Å²) in [6, 6.07) is 10.2. The third-order valence-electron chi connectivity index (χ3n) is 3.83. The van der Waals surface area contributed by atoms with Gasteiger partial charge in [0.15, 0.2) is 0 Å². The molecule has 104 valence electrons. The Balaban J connectivity index is 1.72. The molecule has 1 fully saturated rings. The number of carbonyl (C=O) groups is 1. The third-order valence-corrected chi connectivity index (χ3v) is 3.83. The van der Waals surface area contributed by atoms with Crippen molar-refractivity contribution in [2.75, 3.05) is 26.7 Å². The van der Waals surface area contributed by atoms with Crippen LogP contribution < -0.4 is 5.32 Å². The van der Waals surface area contributed by atoms with Crippen LogP contribution in [-0.2, 0) is 11.2 Å². The maximum absolute atomic E-state index is 12.1. The fourth-order valence-corrected chi connectivity index (χ4v) is 2.66. The van der Waals surface area contributed by atoms with Gasteiger partial charge in [-0.1, -0.05) is 30.3 Å². The average Bonchev–Trinajstić information content (AvgIpc) is 2.47. The summed E-state index contributed by atoms with van der Waals surface area (Å²) in [7, 11) is 1.93. The van der Waals surface area contributed by atoms with E-state index < -0.39 is 0 Å². The van der Waals surface area contributed by atoms with Crippen LogP contribution in [0.3, 0.4) is 0 Å². The van der Waals surface area contributed by atoms with Crippen molar-refractivity contribution in [3.8, 4) is 0 Å². The molecule has 0 radical (unpaired) electrons. The molecular weight excluding hydrogens is 236 g/mol. The Bertz CT molecular complexity index is 385. The van der Waals surface area contributed by atoms with Gasteiger partial charge in [-0.15, -0.1) is 0 Å². The quantitative estimate of drug-likeness (QED) is 0.879. The van der Waals surface area contributed by atoms with Crippen LogP contribution in [0.15, 0.2) is 30.3 Å². The van der Waals surface area contributed by atoms with E-state index in [-0.39, 0.29) is 5.91 Å². The first-order valence-corrected chi connectivity index (χ1v) is 7.24. The molecule has 2 rings (SSSR count). The lowest BCUT2D eigenvalue weighted by Gasteiger charge is -2.27. The number of rotatable bonds is 5. The molecule has 1 N–H and O–H groups in total. The molecule has 0 spiro atoms. The lowest BCUT2D eigenvalue weighted by molar-refractivity contribution is -0.130. The lowest BCUT2D eigenvalue weighted by Crippen LogP contribution is -2.39. The molecule has 1 aromatic carbocycles. The summed E-state index contributed by atoms with van der Waals surface area (Å²) in [5, 5.41) is 3.40.